The third-order valence-corrected chi connectivity index (χ3v) is 4.02. The van der Waals surface area contributed by atoms with Gasteiger partial charge in [-0.1, -0.05) is 42.5 Å². The Kier molecular flexibility index (Phi) is 5.51. The molecule has 0 unspecified atom stereocenters. The van der Waals surface area contributed by atoms with Crippen molar-refractivity contribution >= 4 is 17.8 Å². The van der Waals surface area contributed by atoms with Crippen LogP contribution >= 0.6 is 0 Å². The molecule has 1 heterocycles. The third-order valence-electron chi connectivity index (χ3n) is 4.02. The number of amides is 2. The van der Waals surface area contributed by atoms with E-state index in [4.69, 9.17) is 0 Å². The van der Waals surface area contributed by atoms with Gasteiger partial charge in [0.25, 0.3) is 0 Å². The van der Waals surface area contributed by atoms with E-state index in [9.17, 15) is 9.59 Å². The number of hydrogen-bond acceptors (Lipinski definition) is 4. The molecule has 3 aromatic rings. The van der Waals surface area contributed by atoms with Gasteiger partial charge in [-0.05, 0) is 23.3 Å². The molecule has 1 aromatic heterocycles. The van der Waals surface area contributed by atoms with Crippen molar-refractivity contribution in [2.24, 2.45) is 7.05 Å². The van der Waals surface area contributed by atoms with Crippen LogP contribution in [0.2, 0.25) is 0 Å². The maximum absolute atomic E-state index is 12.1. The highest BCUT2D eigenvalue weighted by molar-refractivity contribution is 5.90. The summed E-state index contributed by atoms with van der Waals surface area (Å²) in [5, 5.41) is 9.80. The number of carbonyl (C=O) groups excluding carboxylic acids is 2. The van der Waals surface area contributed by atoms with Crippen LogP contribution in [0.1, 0.15) is 15.9 Å². The first-order valence-electron chi connectivity index (χ1n) is 8.38. The minimum Gasteiger partial charge on any atom is -0.465 e. The molecule has 3 rings (SSSR count). The first-order chi connectivity index (χ1) is 13.1. The number of esters is 1. The molecular weight excluding hydrogens is 344 g/mol. The number of benzene rings is 2. The van der Waals surface area contributed by atoms with Gasteiger partial charge in [-0.2, -0.15) is 5.10 Å². The lowest BCUT2D eigenvalue weighted by atomic mass is 10.1. The van der Waals surface area contributed by atoms with Gasteiger partial charge in [0.1, 0.15) is 0 Å². The van der Waals surface area contributed by atoms with E-state index in [1.54, 1.807) is 28.9 Å². The largest absolute Gasteiger partial charge is 0.465 e. The molecule has 0 saturated heterocycles. The lowest BCUT2D eigenvalue weighted by Gasteiger charge is -2.06. The maximum Gasteiger partial charge on any atom is 0.337 e. The standard InChI is InChI=1S/C20H20N4O3/c1-24-17(15-6-4-3-5-7-15)12-18(23-24)22-20(26)21-13-14-8-10-16(11-9-14)19(25)27-2/h3-12H,13H2,1-2H3,(H2,21,22,23,26). The monoisotopic (exact) mass is 364 g/mol. The Bertz CT molecular complexity index is 934. The van der Waals surface area contributed by atoms with Crippen LogP contribution in [0, 0.1) is 0 Å². The fourth-order valence-electron chi connectivity index (χ4n) is 2.63. The second-order valence-electron chi connectivity index (χ2n) is 5.90. The SMILES string of the molecule is COC(=O)c1ccc(CNC(=O)Nc2cc(-c3ccccc3)n(C)n2)cc1. The third kappa shape index (κ3) is 4.52. The molecule has 0 radical (unpaired) electrons. The van der Waals surface area contributed by atoms with Gasteiger partial charge >= 0.3 is 12.0 Å². The van der Waals surface area contributed by atoms with E-state index in [1.807, 2.05) is 43.4 Å². The number of carbonyl (C=O) groups is 2. The normalized spacial score (nSPS) is 10.3. The number of aromatic nitrogens is 2. The maximum atomic E-state index is 12.1. The Hall–Kier alpha value is -3.61. The number of rotatable bonds is 5. The number of aryl methyl sites for hydroxylation is 1. The highest BCUT2D eigenvalue weighted by Gasteiger charge is 2.10. The summed E-state index contributed by atoms with van der Waals surface area (Å²) in [5.41, 5.74) is 3.26. The van der Waals surface area contributed by atoms with E-state index in [0.717, 1.165) is 16.8 Å². The first kappa shape index (κ1) is 18.2. The zero-order valence-electron chi connectivity index (χ0n) is 15.1. The quantitative estimate of drug-likeness (QED) is 0.681. The van der Waals surface area contributed by atoms with Crippen molar-refractivity contribution in [3.05, 3.63) is 71.8 Å². The summed E-state index contributed by atoms with van der Waals surface area (Å²) < 4.78 is 6.38. The molecule has 2 amide bonds. The highest BCUT2D eigenvalue weighted by atomic mass is 16.5. The van der Waals surface area contributed by atoms with Crippen LogP contribution in [0.25, 0.3) is 11.3 Å². The van der Waals surface area contributed by atoms with Gasteiger partial charge in [-0.3, -0.25) is 10.00 Å². The summed E-state index contributed by atoms with van der Waals surface area (Å²) in [7, 11) is 3.16. The lowest BCUT2D eigenvalue weighted by molar-refractivity contribution is 0.0600. The summed E-state index contributed by atoms with van der Waals surface area (Å²) in [6.07, 6.45) is 0. The molecule has 7 nitrogen and oxygen atoms in total. The average Bonchev–Trinajstić information content (AvgIpc) is 3.06. The Labute approximate surface area is 157 Å². The average molecular weight is 364 g/mol. The van der Waals surface area contributed by atoms with Crippen molar-refractivity contribution in [2.75, 3.05) is 12.4 Å². The number of anilines is 1. The molecule has 0 atom stereocenters. The topological polar surface area (TPSA) is 85.2 Å². The second kappa shape index (κ2) is 8.18. The number of ether oxygens (including phenoxy) is 1. The van der Waals surface area contributed by atoms with Crippen LogP contribution in [-0.2, 0) is 18.3 Å². The van der Waals surface area contributed by atoms with Gasteiger partial charge in [0, 0.05) is 19.7 Å². The van der Waals surface area contributed by atoms with Crippen molar-refractivity contribution in [3.63, 3.8) is 0 Å². The van der Waals surface area contributed by atoms with E-state index < -0.39 is 5.97 Å². The summed E-state index contributed by atoms with van der Waals surface area (Å²) in [4.78, 5) is 23.5. The van der Waals surface area contributed by atoms with Gasteiger partial charge in [0.2, 0.25) is 0 Å². The van der Waals surface area contributed by atoms with Crippen LogP contribution in [0.15, 0.2) is 60.7 Å². The lowest BCUT2D eigenvalue weighted by Crippen LogP contribution is -2.28. The number of nitrogens with one attached hydrogen (secondary N) is 2. The highest BCUT2D eigenvalue weighted by Crippen LogP contribution is 2.21. The van der Waals surface area contributed by atoms with Gasteiger partial charge in [-0.15, -0.1) is 0 Å². The summed E-state index contributed by atoms with van der Waals surface area (Å²) >= 11 is 0. The zero-order valence-corrected chi connectivity index (χ0v) is 15.1. The van der Waals surface area contributed by atoms with Crippen molar-refractivity contribution in [1.82, 2.24) is 15.1 Å². The molecule has 0 saturated carbocycles. The molecule has 0 aliphatic heterocycles. The van der Waals surface area contributed by atoms with Gasteiger partial charge in [0.15, 0.2) is 5.82 Å². The summed E-state index contributed by atoms with van der Waals surface area (Å²) in [6.45, 7) is 0.325. The Morgan fingerprint density at radius 3 is 2.44 bits per heavy atom. The molecule has 0 aliphatic carbocycles. The molecule has 0 bridgehead atoms. The van der Waals surface area contributed by atoms with Crippen molar-refractivity contribution in [1.29, 1.82) is 0 Å². The van der Waals surface area contributed by atoms with E-state index in [1.165, 1.54) is 7.11 Å². The molecule has 0 spiro atoms. The predicted octanol–water partition coefficient (Wildman–Crippen LogP) is 3.20. The number of hydrogen-bond donors (Lipinski definition) is 2. The van der Waals surface area contributed by atoms with Gasteiger partial charge in [0.05, 0.1) is 18.4 Å². The van der Waals surface area contributed by atoms with Crippen LogP contribution in [0.5, 0.6) is 0 Å². The van der Waals surface area contributed by atoms with Crippen molar-refractivity contribution in [3.8, 4) is 11.3 Å². The molecular formula is C20H20N4O3. The predicted molar refractivity (Wildman–Crippen MR) is 102 cm³/mol. The first-order valence-corrected chi connectivity index (χ1v) is 8.38. The van der Waals surface area contributed by atoms with Crippen molar-refractivity contribution in [2.45, 2.75) is 6.54 Å². The van der Waals surface area contributed by atoms with Crippen LogP contribution in [0.4, 0.5) is 10.6 Å². The number of nitrogens with zero attached hydrogens (tertiary/aromatic N) is 2. The van der Waals surface area contributed by atoms with Crippen LogP contribution in [0.3, 0.4) is 0 Å². The Morgan fingerprint density at radius 1 is 1.07 bits per heavy atom. The molecule has 2 N–H and O–H groups in total. The van der Waals surface area contributed by atoms with Crippen molar-refractivity contribution < 1.29 is 14.3 Å². The molecule has 27 heavy (non-hydrogen) atoms. The van der Waals surface area contributed by atoms with E-state index in [-0.39, 0.29) is 6.03 Å². The molecule has 2 aromatic carbocycles. The molecule has 0 fully saturated rings. The van der Waals surface area contributed by atoms with E-state index >= 15 is 0 Å². The molecule has 0 aliphatic rings. The van der Waals surface area contributed by atoms with E-state index in [2.05, 4.69) is 20.5 Å². The zero-order chi connectivity index (χ0) is 19.2. The summed E-state index contributed by atoms with van der Waals surface area (Å²) in [5.74, 6) is 0.0755. The van der Waals surface area contributed by atoms with E-state index in [0.29, 0.717) is 17.9 Å². The minimum atomic E-state index is -0.392. The fraction of sp³-hybridized carbons (Fsp3) is 0.150. The summed E-state index contributed by atoms with van der Waals surface area (Å²) in [6, 6.07) is 18.1. The minimum absolute atomic E-state index is 0.325. The fourth-order valence-corrected chi connectivity index (χ4v) is 2.63. The molecule has 138 valence electrons. The van der Waals surface area contributed by atoms with Gasteiger partial charge < -0.3 is 10.1 Å². The van der Waals surface area contributed by atoms with Crippen LogP contribution < -0.4 is 10.6 Å². The Morgan fingerprint density at radius 2 is 1.78 bits per heavy atom. The number of methoxy groups -OCH3 is 1. The smallest absolute Gasteiger partial charge is 0.337 e. The molecule has 7 heteroatoms. The Balaban J connectivity index is 1.58. The van der Waals surface area contributed by atoms with Gasteiger partial charge in [-0.25, -0.2) is 9.59 Å². The number of urea groups is 1. The van der Waals surface area contributed by atoms with Crippen LogP contribution in [-0.4, -0.2) is 28.9 Å². The second-order valence-corrected chi connectivity index (χ2v) is 5.90.